The second-order valence-corrected chi connectivity index (χ2v) is 10.7. The highest BCUT2D eigenvalue weighted by atomic mass is 16.6. The molecule has 6 bridgehead atoms. The number of allylic oxidation sites excluding steroid dienone is 2. The highest BCUT2D eigenvalue weighted by Gasteiger charge is 2.62. The van der Waals surface area contributed by atoms with Crippen LogP contribution in [-0.4, -0.2) is 23.6 Å². The van der Waals surface area contributed by atoms with Crippen LogP contribution < -0.4 is 0 Å². The number of hydrogen-bond donors (Lipinski definition) is 0. The highest BCUT2D eigenvalue weighted by molar-refractivity contribution is 5.81. The number of ether oxygens (including phenoxy) is 2. The molecule has 0 heterocycles. The van der Waals surface area contributed by atoms with Gasteiger partial charge in [-0.05, 0) is 99.2 Å². The Balaban J connectivity index is 1.11. The summed E-state index contributed by atoms with van der Waals surface area (Å²) in [5, 5.41) is 0. The number of fused-ring (bicyclic) bond motifs is 11. The van der Waals surface area contributed by atoms with Crippen molar-refractivity contribution in [3.05, 3.63) is 12.2 Å². The zero-order valence-corrected chi connectivity index (χ0v) is 16.8. The van der Waals surface area contributed by atoms with Crippen molar-refractivity contribution in [2.24, 2.45) is 47.3 Å². The van der Waals surface area contributed by atoms with Crippen molar-refractivity contribution in [2.75, 3.05) is 0 Å². The summed E-state index contributed by atoms with van der Waals surface area (Å²) < 4.78 is 11.8. The monoisotopic (exact) mass is 384 g/mol. The van der Waals surface area contributed by atoms with Crippen LogP contribution in [0.2, 0.25) is 0 Å². The lowest BCUT2D eigenvalue weighted by Gasteiger charge is -2.36. The molecule has 4 nitrogen and oxygen atoms in total. The molecule has 5 saturated carbocycles. The smallest absolute Gasteiger partial charge is 0.347 e. The van der Waals surface area contributed by atoms with E-state index < -0.39 is 6.10 Å². The largest absolute Gasteiger partial charge is 0.456 e. The van der Waals surface area contributed by atoms with Gasteiger partial charge in [0.25, 0.3) is 0 Å². The fraction of sp³-hybridized carbons (Fsp3) is 0.833. The average Bonchev–Trinajstić information content (AvgIpc) is 3.50. The molecule has 5 fully saturated rings. The van der Waals surface area contributed by atoms with Gasteiger partial charge in [0.2, 0.25) is 0 Å². The van der Waals surface area contributed by atoms with Crippen LogP contribution in [0, 0.1) is 47.3 Å². The molecule has 8 atom stereocenters. The lowest BCUT2D eigenvalue weighted by Crippen LogP contribution is -2.40. The van der Waals surface area contributed by atoms with E-state index >= 15 is 0 Å². The molecular formula is C24H32O4. The van der Waals surface area contributed by atoms with Crippen molar-refractivity contribution in [3.8, 4) is 0 Å². The van der Waals surface area contributed by atoms with Gasteiger partial charge in [-0.15, -0.1) is 0 Å². The van der Waals surface area contributed by atoms with Crippen LogP contribution in [0.15, 0.2) is 12.2 Å². The van der Waals surface area contributed by atoms with E-state index in [1.807, 2.05) is 6.92 Å². The van der Waals surface area contributed by atoms with Gasteiger partial charge in [0.05, 0.1) is 5.92 Å². The molecule has 0 saturated heterocycles. The van der Waals surface area contributed by atoms with Crippen LogP contribution in [0.3, 0.4) is 0 Å². The van der Waals surface area contributed by atoms with Gasteiger partial charge in [-0.3, -0.25) is 4.79 Å². The van der Waals surface area contributed by atoms with Crippen LogP contribution >= 0.6 is 0 Å². The zero-order chi connectivity index (χ0) is 19.0. The zero-order valence-electron chi connectivity index (χ0n) is 16.8. The normalized spacial score (nSPS) is 50.2. The summed E-state index contributed by atoms with van der Waals surface area (Å²) >= 11 is 0. The van der Waals surface area contributed by atoms with E-state index in [0.29, 0.717) is 30.1 Å². The van der Waals surface area contributed by atoms with E-state index in [-0.39, 0.29) is 23.5 Å². The molecule has 28 heavy (non-hydrogen) atoms. The number of esters is 2. The van der Waals surface area contributed by atoms with Crippen molar-refractivity contribution in [2.45, 2.75) is 76.4 Å². The molecule has 6 aliphatic rings. The predicted molar refractivity (Wildman–Crippen MR) is 103 cm³/mol. The minimum absolute atomic E-state index is 0.00125. The number of carbonyl (C=O) groups excluding carboxylic acids is 2. The third-order valence-corrected chi connectivity index (χ3v) is 9.46. The molecule has 0 aromatic carbocycles. The third kappa shape index (κ3) is 2.42. The van der Waals surface area contributed by atoms with Crippen molar-refractivity contribution in [3.63, 3.8) is 0 Å². The summed E-state index contributed by atoms with van der Waals surface area (Å²) in [4.78, 5) is 25.9. The first-order chi connectivity index (χ1) is 13.6. The molecular weight excluding hydrogens is 352 g/mol. The van der Waals surface area contributed by atoms with E-state index in [2.05, 4.69) is 12.2 Å². The Kier molecular flexibility index (Phi) is 3.81. The molecule has 6 rings (SSSR count). The molecule has 0 aliphatic heterocycles. The lowest BCUT2D eigenvalue weighted by molar-refractivity contribution is -0.181. The van der Waals surface area contributed by atoms with E-state index in [0.717, 1.165) is 43.4 Å². The topological polar surface area (TPSA) is 52.6 Å². The summed E-state index contributed by atoms with van der Waals surface area (Å²) in [6, 6.07) is 0. The van der Waals surface area contributed by atoms with Gasteiger partial charge >= 0.3 is 11.9 Å². The molecule has 4 heteroatoms. The maximum absolute atomic E-state index is 13.1. The summed E-state index contributed by atoms with van der Waals surface area (Å²) in [6.45, 7) is 1.92. The van der Waals surface area contributed by atoms with Crippen LogP contribution in [-0.2, 0) is 19.1 Å². The van der Waals surface area contributed by atoms with Gasteiger partial charge in [0, 0.05) is 0 Å². The van der Waals surface area contributed by atoms with Crippen molar-refractivity contribution in [1.29, 1.82) is 0 Å². The van der Waals surface area contributed by atoms with Crippen molar-refractivity contribution in [1.82, 2.24) is 0 Å². The van der Waals surface area contributed by atoms with E-state index in [1.54, 1.807) is 0 Å². The number of rotatable bonds is 5. The second kappa shape index (κ2) is 6.09. The molecule has 0 aromatic heterocycles. The van der Waals surface area contributed by atoms with E-state index in [1.165, 1.54) is 25.7 Å². The van der Waals surface area contributed by atoms with Gasteiger partial charge in [0.15, 0.2) is 6.10 Å². The first kappa shape index (κ1) is 17.5. The second-order valence-electron chi connectivity index (χ2n) is 10.7. The summed E-state index contributed by atoms with van der Waals surface area (Å²) in [6.07, 6.45) is 13.4. The van der Waals surface area contributed by atoms with Gasteiger partial charge in [0.1, 0.15) is 5.60 Å². The minimum Gasteiger partial charge on any atom is -0.456 e. The molecule has 8 unspecified atom stereocenters. The maximum Gasteiger partial charge on any atom is 0.347 e. The van der Waals surface area contributed by atoms with E-state index in [9.17, 15) is 9.59 Å². The average molecular weight is 385 g/mol. The Morgan fingerprint density at radius 2 is 1.82 bits per heavy atom. The molecule has 0 spiro atoms. The van der Waals surface area contributed by atoms with Crippen LogP contribution in [0.25, 0.3) is 0 Å². The lowest BCUT2D eigenvalue weighted by atomic mass is 9.69. The Morgan fingerprint density at radius 1 is 1.07 bits per heavy atom. The van der Waals surface area contributed by atoms with Crippen molar-refractivity contribution >= 4 is 11.9 Å². The van der Waals surface area contributed by atoms with Crippen LogP contribution in [0.1, 0.15) is 64.7 Å². The quantitative estimate of drug-likeness (QED) is 0.403. The van der Waals surface area contributed by atoms with Crippen molar-refractivity contribution < 1.29 is 19.1 Å². The first-order valence-corrected chi connectivity index (χ1v) is 11.7. The van der Waals surface area contributed by atoms with Gasteiger partial charge < -0.3 is 9.47 Å². The molecule has 0 N–H and O–H groups in total. The Labute approximate surface area is 167 Å². The van der Waals surface area contributed by atoms with Crippen LogP contribution in [0.4, 0.5) is 0 Å². The minimum atomic E-state index is -0.726. The standard InChI is InChI=1S/C24H32O4/c1-2-19(23(26)28-24-7-5-13(12-24)6-8-24)27-22(25)18-11-16-10-17(18)21-15-4-3-14(9-15)20(16)21/h3-4,13-21H,2,5-12H2,1H3. The predicted octanol–water partition coefficient (Wildman–Crippen LogP) is 4.28. The number of carbonyl (C=O) groups is 2. The van der Waals surface area contributed by atoms with Gasteiger partial charge in [-0.1, -0.05) is 19.1 Å². The molecule has 0 aromatic rings. The van der Waals surface area contributed by atoms with Crippen LogP contribution in [0.5, 0.6) is 0 Å². The maximum atomic E-state index is 13.1. The molecule has 152 valence electrons. The molecule has 0 radical (unpaired) electrons. The molecule has 0 amide bonds. The summed E-state index contributed by atoms with van der Waals surface area (Å²) in [5.41, 5.74) is -0.253. The Hall–Kier alpha value is -1.32. The van der Waals surface area contributed by atoms with Gasteiger partial charge in [-0.2, -0.15) is 0 Å². The summed E-state index contributed by atoms with van der Waals surface area (Å²) in [7, 11) is 0. The fourth-order valence-corrected chi connectivity index (χ4v) is 8.37. The SMILES string of the molecule is CCC(OC(=O)C1CC2CC1C1C3C=CC(C3)C21)C(=O)OC12CCC(CC1)C2. The first-order valence-electron chi connectivity index (χ1n) is 11.7. The summed E-state index contributed by atoms with van der Waals surface area (Å²) in [5.74, 6) is 4.41. The molecule has 6 aliphatic carbocycles. The number of hydrogen-bond acceptors (Lipinski definition) is 4. The Bertz CT molecular complexity index is 718. The third-order valence-electron chi connectivity index (χ3n) is 9.46. The highest BCUT2D eigenvalue weighted by Crippen LogP contribution is 2.67. The van der Waals surface area contributed by atoms with E-state index in [4.69, 9.17) is 9.47 Å². The fourth-order valence-electron chi connectivity index (χ4n) is 8.37. The van der Waals surface area contributed by atoms with Gasteiger partial charge in [-0.25, -0.2) is 4.79 Å². The Morgan fingerprint density at radius 3 is 2.50 bits per heavy atom.